The monoisotopic (exact) mass is 241 g/mol. The fraction of sp³-hybridized carbons (Fsp3) is 1.00. The second kappa shape index (κ2) is 6.72. The molecule has 2 aliphatic rings. The summed E-state index contributed by atoms with van der Waals surface area (Å²) in [7, 11) is 2.07. The predicted molar refractivity (Wildman–Crippen MR) is 68.9 cm³/mol. The van der Waals surface area contributed by atoms with Crippen LogP contribution >= 0.6 is 0 Å². The van der Waals surface area contributed by atoms with Gasteiger partial charge in [0.2, 0.25) is 0 Å². The molecule has 0 radical (unpaired) electrons. The third-order valence-electron chi connectivity index (χ3n) is 4.55. The van der Waals surface area contributed by atoms with Gasteiger partial charge in [-0.1, -0.05) is 26.2 Å². The smallest absolute Gasteiger partial charge is 0.159 e. The molecule has 1 heterocycles. The molecule has 1 unspecified atom stereocenters. The van der Waals surface area contributed by atoms with Crippen molar-refractivity contribution in [2.24, 2.45) is 11.8 Å². The summed E-state index contributed by atoms with van der Waals surface area (Å²) in [5.41, 5.74) is 0. The molecule has 1 saturated heterocycles. The maximum absolute atomic E-state index is 5.56. The molecule has 1 N–H and O–H groups in total. The second-order valence-corrected chi connectivity index (χ2v) is 5.49. The molecule has 1 atom stereocenters. The van der Waals surface area contributed by atoms with Crippen molar-refractivity contribution in [3.63, 3.8) is 0 Å². The molecule has 0 bridgehead atoms. The van der Waals surface area contributed by atoms with Gasteiger partial charge in [0.15, 0.2) is 6.29 Å². The molecule has 0 aromatic rings. The Morgan fingerprint density at radius 2 is 1.76 bits per heavy atom. The first kappa shape index (κ1) is 13.3. The lowest BCUT2D eigenvalue weighted by atomic mass is 9.77. The molecule has 100 valence electrons. The molecule has 2 fully saturated rings. The highest BCUT2D eigenvalue weighted by atomic mass is 16.7. The van der Waals surface area contributed by atoms with E-state index >= 15 is 0 Å². The largest absolute Gasteiger partial charge is 0.350 e. The van der Waals surface area contributed by atoms with E-state index in [1.165, 1.54) is 32.1 Å². The van der Waals surface area contributed by atoms with Crippen LogP contribution in [0.5, 0.6) is 0 Å². The first-order valence-electron chi connectivity index (χ1n) is 7.24. The summed E-state index contributed by atoms with van der Waals surface area (Å²) in [6, 6.07) is 0.566. The Morgan fingerprint density at radius 1 is 1.12 bits per heavy atom. The third-order valence-corrected chi connectivity index (χ3v) is 4.55. The molecule has 1 aliphatic carbocycles. The molecular formula is C14H27NO2. The number of ether oxygens (including phenoxy) is 2. The van der Waals surface area contributed by atoms with Gasteiger partial charge in [-0.05, 0) is 31.7 Å². The lowest BCUT2D eigenvalue weighted by Crippen LogP contribution is -2.38. The average molecular weight is 241 g/mol. The SMILES string of the molecule is CCC1CCC(C(CC2OCCO2)NC)CC1. The van der Waals surface area contributed by atoms with E-state index in [2.05, 4.69) is 19.3 Å². The Labute approximate surface area is 105 Å². The van der Waals surface area contributed by atoms with Gasteiger partial charge in [-0.15, -0.1) is 0 Å². The minimum Gasteiger partial charge on any atom is -0.350 e. The lowest BCUT2D eigenvalue weighted by molar-refractivity contribution is -0.0575. The molecule has 3 nitrogen and oxygen atoms in total. The lowest BCUT2D eigenvalue weighted by Gasteiger charge is -2.34. The van der Waals surface area contributed by atoms with E-state index in [1.807, 2.05) is 0 Å². The third kappa shape index (κ3) is 3.67. The standard InChI is InChI=1S/C14H27NO2/c1-3-11-4-6-12(7-5-11)13(15-2)10-14-16-8-9-17-14/h11-15H,3-10H2,1-2H3. The van der Waals surface area contributed by atoms with Gasteiger partial charge < -0.3 is 14.8 Å². The van der Waals surface area contributed by atoms with E-state index in [0.29, 0.717) is 6.04 Å². The minimum atomic E-state index is 0.0383. The molecule has 17 heavy (non-hydrogen) atoms. The Morgan fingerprint density at radius 3 is 2.29 bits per heavy atom. The van der Waals surface area contributed by atoms with Gasteiger partial charge in [0.05, 0.1) is 13.2 Å². The molecule has 1 aliphatic heterocycles. The molecule has 2 rings (SSSR count). The Bertz CT molecular complexity index is 208. The van der Waals surface area contributed by atoms with Crippen LogP contribution in [0.4, 0.5) is 0 Å². The van der Waals surface area contributed by atoms with Crippen LogP contribution < -0.4 is 5.32 Å². The van der Waals surface area contributed by atoms with Crippen LogP contribution in [0, 0.1) is 11.8 Å². The van der Waals surface area contributed by atoms with Crippen LogP contribution in [0.25, 0.3) is 0 Å². The topological polar surface area (TPSA) is 30.5 Å². The van der Waals surface area contributed by atoms with Crippen LogP contribution in [0.15, 0.2) is 0 Å². The van der Waals surface area contributed by atoms with Crippen molar-refractivity contribution in [1.82, 2.24) is 5.32 Å². The van der Waals surface area contributed by atoms with Crippen LogP contribution in [0.1, 0.15) is 45.4 Å². The van der Waals surface area contributed by atoms with Crippen molar-refractivity contribution >= 4 is 0 Å². The van der Waals surface area contributed by atoms with Crippen LogP contribution in [0.2, 0.25) is 0 Å². The second-order valence-electron chi connectivity index (χ2n) is 5.49. The zero-order valence-electron chi connectivity index (χ0n) is 11.3. The Hall–Kier alpha value is -0.120. The average Bonchev–Trinajstić information content (AvgIpc) is 2.89. The molecular weight excluding hydrogens is 214 g/mol. The maximum Gasteiger partial charge on any atom is 0.159 e. The number of hydrogen-bond acceptors (Lipinski definition) is 3. The summed E-state index contributed by atoms with van der Waals surface area (Å²) in [5.74, 6) is 1.79. The zero-order valence-corrected chi connectivity index (χ0v) is 11.3. The van der Waals surface area contributed by atoms with Gasteiger partial charge in [-0.2, -0.15) is 0 Å². The number of nitrogens with one attached hydrogen (secondary N) is 1. The molecule has 1 saturated carbocycles. The van der Waals surface area contributed by atoms with Gasteiger partial charge in [0.1, 0.15) is 0 Å². The van der Waals surface area contributed by atoms with Gasteiger partial charge in [-0.25, -0.2) is 0 Å². The molecule has 0 amide bonds. The van der Waals surface area contributed by atoms with E-state index in [4.69, 9.17) is 9.47 Å². The van der Waals surface area contributed by atoms with Crippen molar-refractivity contribution in [3.05, 3.63) is 0 Å². The quantitative estimate of drug-likeness (QED) is 0.802. The van der Waals surface area contributed by atoms with Gasteiger partial charge in [0.25, 0.3) is 0 Å². The number of rotatable bonds is 5. The fourth-order valence-corrected chi connectivity index (χ4v) is 3.30. The summed E-state index contributed by atoms with van der Waals surface area (Å²) in [4.78, 5) is 0. The number of hydrogen-bond donors (Lipinski definition) is 1. The summed E-state index contributed by atoms with van der Waals surface area (Å²) in [5, 5.41) is 3.47. The van der Waals surface area contributed by atoms with E-state index < -0.39 is 0 Å². The predicted octanol–water partition coefficient (Wildman–Crippen LogP) is 2.55. The normalized spacial score (nSPS) is 32.8. The molecule has 0 aromatic carbocycles. The molecule has 3 heteroatoms. The Kier molecular flexibility index (Phi) is 5.26. The first-order valence-corrected chi connectivity index (χ1v) is 7.24. The highest BCUT2D eigenvalue weighted by molar-refractivity contribution is 4.82. The van der Waals surface area contributed by atoms with E-state index in [1.54, 1.807) is 0 Å². The maximum atomic E-state index is 5.56. The Balaban J connectivity index is 1.77. The van der Waals surface area contributed by atoms with Crippen molar-refractivity contribution in [2.75, 3.05) is 20.3 Å². The zero-order chi connectivity index (χ0) is 12.1. The van der Waals surface area contributed by atoms with Crippen molar-refractivity contribution in [2.45, 2.75) is 57.8 Å². The minimum absolute atomic E-state index is 0.0383. The van der Waals surface area contributed by atoms with Crippen molar-refractivity contribution < 1.29 is 9.47 Å². The van der Waals surface area contributed by atoms with Crippen molar-refractivity contribution in [1.29, 1.82) is 0 Å². The van der Waals surface area contributed by atoms with E-state index in [0.717, 1.165) is 31.5 Å². The summed E-state index contributed by atoms with van der Waals surface area (Å²) < 4.78 is 11.1. The van der Waals surface area contributed by atoms with Crippen LogP contribution in [-0.4, -0.2) is 32.6 Å². The van der Waals surface area contributed by atoms with Crippen LogP contribution in [-0.2, 0) is 9.47 Å². The van der Waals surface area contributed by atoms with Gasteiger partial charge in [0, 0.05) is 12.5 Å². The van der Waals surface area contributed by atoms with Crippen molar-refractivity contribution in [3.8, 4) is 0 Å². The van der Waals surface area contributed by atoms with Gasteiger partial charge in [-0.3, -0.25) is 0 Å². The molecule has 0 aromatic heterocycles. The highest BCUT2D eigenvalue weighted by Gasteiger charge is 2.29. The van der Waals surface area contributed by atoms with E-state index in [9.17, 15) is 0 Å². The molecule has 0 spiro atoms. The first-order chi connectivity index (χ1) is 8.33. The fourth-order valence-electron chi connectivity index (χ4n) is 3.30. The van der Waals surface area contributed by atoms with Gasteiger partial charge >= 0.3 is 0 Å². The van der Waals surface area contributed by atoms with Crippen LogP contribution in [0.3, 0.4) is 0 Å². The summed E-state index contributed by atoms with van der Waals surface area (Å²) in [6.45, 7) is 3.86. The summed E-state index contributed by atoms with van der Waals surface area (Å²) in [6.07, 6.45) is 7.96. The summed E-state index contributed by atoms with van der Waals surface area (Å²) >= 11 is 0. The highest BCUT2D eigenvalue weighted by Crippen LogP contribution is 2.33. The van der Waals surface area contributed by atoms with E-state index in [-0.39, 0.29) is 6.29 Å².